The molecule has 0 aliphatic carbocycles. The zero-order valence-corrected chi connectivity index (χ0v) is 17.4. The highest BCUT2D eigenvalue weighted by atomic mass is 19.1. The third-order valence-electron chi connectivity index (χ3n) is 5.12. The molecule has 1 fully saturated rings. The Balaban J connectivity index is 1.61. The Bertz CT molecular complexity index is 801. The second-order valence-corrected chi connectivity index (χ2v) is 7.08. The fraction of sp³-hybridized carbons (Fsp3) is 0.455. The van der Waals surface area contributed by atoms with Crippen molar-refractivity contribution in [3.05, 3.63) is 59.5 Å². The predicted molar refractivity (Wildman–Crippen MR) is 117 cm³/mol. The molecule has 0 atom stereocenters. The van der Waals surface area contributed by atoms with Crippen LogP contribution in [0.4, 0.5) is 10.2 Å². The molecule has 2 heterocycles. The number of hydrogen-bond donors (Lipinski definition) is 2. The van der Waals surface area contributed by atoms with E-state index in [-0.39, 0.29) is 5.82 Å². The molecule has 0 radical (unpaired) electrons. The average molecular weight is 399 g/mol. The van der Waals surface area contributed by atoms with Gasteiger partial charge >= 0.3 is 0 Å². The second-order valence-electron chi connectivity index (χ2n) is 7.08. The van der Waals surface area contributed by atoms with Crippen molar-refractivity contribution in [1.29, 1.82) is 0 Å². The number of aliphatic imine (C=N–C) groups is 1. The van der Waals surface area contributed by atoms with Crippen LogP contribution in [-0.4, -0.2) is 55.1 Å². The molecule has 1 aliphatic heterocycles. The maximum Gasteiger partial charge on any atom is 0.191 e. The summed E-state index contributed by atoms with van der Waals surface area (Å²) in [4.78, 5) is 14.0. The molecule has 7 heteroatoms. The minimum atomic E-state index is -0.210. The summed E-state index contributed by atoms with van der Waals surface area (Å²) in [5, 5.41) is 6.42. The summed E-state index contributed by atoms with van der Waals surface area (Å²) in [6.45, 7) is 11.1. The zero-order chi connectivity index (χ0) is 20.5. The van der Waals surface area contributed by atoms with E-state index in [2.05, 4.69) is 43.4 Å². The first-order valence-electron chi connectivity index (χ1n) is 10.4. The molecule has 3 rings (SSSR count). The van der Waals surface area contributed by atoms with Crippen LogP contribution >= 0.6 is 0 Å². The van der Waals surface area contributed by atoms with E-state index in [1.54, 1.807) is 12.1 Å². The highest BCUT2D eigenvalue weighted by molar-refractivity contribution is 5.79. The van der Waals surface area contributed by atoms with Gasteiger partial charge in [0.1, 0.15) is 11.6 Å². The molecule has 156 valence electrons. The van der Waals surface area contributed by atoms with E-state index in [0.717, 1.165) is 50.6 Å². The summed E-state index contributed by atoms with van der Waals surface area (Å²) < 4.78 is 13.8. The van der Waals surface area contributed by atoms with Gasteiger partial charge in [0.05, 0.1) is 6.54 Å². The van der Waals surface area contributed by atoms with Gasteiger partial charge in [0, 0.05) is 51.0 Å². The largest absolute Gasteiger partial charge is 0.357 e. The molecule has 1 aromatic carbocycles. The lowest BCUT2D eigenvalue weighted by molar-refractivity contribution is 0.270. The fourth-order valence-corrected chi connectivity index (χ4v) is 3.36. The van der Waals surface area contributed by atoms with Crippen molar-refractivity contribution in [1.82, 2.24) is 20.5 Å². The SMILES string of the molecule is CCNC(=NCc1ccnc(N2CCN(CC)CC2)c1)NCc1ccccc1F. The van der Waals surface area contributed by atoms with E-state index in [0.29, 0.717) is 24.6 Å². The molecule has 2 N–H and O–H groups in total. The van der Waals surface area contributed by atoms with Crippen LogP contribution in [0.2, 0.25) is 0 Å². The number of anilines is 1. The standard InChI is InChI=1S/C22H31FN6/c1-3-24-22(27-17-19-7-5-6-8-20(19)23)26-16-18-9-10-25-21(15-18)29-13-11-28(4-2)12-14-29/h5-10,15H,3-4,11-14,16-17H2,1-2H3,(H2,24,26,27). The van der Waals surface area contributed by atoms with Crippen molar-refractivity contribution in [2.75, 3.05) is 44.2 Å². The van der Waals surface area contributed by atoms with Crippen molar-refractivity contribution < 1.29 is 4.39 Å². The van der Waals surface area contributed by atoms with Gasteiger partial charge in [0.25, 0.3) is 0 Å². The van der Waals surface area contributed by atoms with Crippen LogP contribution in [0.15, 0.2) is 47.6 Å². The van der Waals surface area contributed by atoms with Crippen LogP contribution in [0.25, 0.3) is 0 Å². The number of nitrogens with one attached hydrogen (secondary N) is 2. The number of rotatable bonds is 7. The molecule has 0 unspecified atom stereocenters. The first kappa shape index (κ1) is 21.0. The van der Waals surface area contributed by atoms with Gasteiger partial charge in [-0.2, -0.15) is 0 Å². The van der Waals surface area contributed by atoms with Crippen LogP contribution in [-0.2, 0) is 13.1 Å². The molecule has 1 saturated heterocycles. The Morgan fingerprint density at radius 3 is 2.62 bits per heavy atom. The molecular formula is C22H31FN6. The molecule has 0 spiro atoms. The topological polar surface area (TPSA) is 55.8 Å². The third-order valence-corrected chi connectivity index (χ3v) is 5.12. The monoisotopic (exact) mass is 398 g/mol. The summed E-state index contributed by atoms with van der Waals surface area (Å²) in [6.07, 6.45) is 1.85. The van der Waals surface area contributed by atoms with Gasteiger partial charge in [0.15, 0.2) is 5.96 Å². The molecule has 1 aliphatic rings. The van der Waals surface area contributed by atoms with Crippen LogP contribution in [0.1, 0.15) is 25.0 Å². The quantitative estimate of drug-likeness (QED) is 0.555. The number of halogens is 1. The number of pyridine rings is 1. The van der Waals surface area contributed by atoms with E-state index in [4.69, 9.17) is 0 Å². The van der Waals surface area contributed by atoms with Crippen molar-refractivity contribution in [2.24, 2.45) is 4.99 Å². The van der Waals surface area contributed by atoms with Gasteiger partial charge < -0.3 is 20.4 Å². The van der Waals surface area contributed by atoms with Crippen LogP contribution in [0, 0.1) is 5.82 Å². The van der Waals surface area contributed by atoms with Gasteiger partial charge in [0.2, 0.25) is 0 Å². The molecule has 1 aromatic heterocycles. The minimum Gasteiger partial charge on any atom is -0.357 e. The van der Waals surface area contributed by atoms with Crippen LogP contribution in [0.5, 0.6) is 0 Å². The summed E-state index contributed by atoms with van der Waals surface area (Å²) in [5.41, 5.74) is 1.73. The maximum atomic E-state index is 13.8. The number of guanidine groups is 1. The number of likely N-dealkylation sites (N-methyl/N-ethyl adjacent to an activating group) is 1. The Kier molecular flexibility index (Phi) is 7.81. The molecule has 29 heavy (non-hydrogen) atoms. The Labute approximate surface area is 172 Å². The number of benzene rings is 1. The van der Waals surface area contributed by atoms with Crippen molar-refractivity contribution in [2.45, 2.75) is 26.9 Å². The molecule has 0 bridgehead atoms. The smallest absolute Gasteiger partial charge is 0.191 e. The highest BCUT2D eigenvalue weighted by Gasteiger charge is 2.16. The number of hydrogen-bond acceptors (Lipinski definition) is 4. The highest BCUT2D eigenvalue weighted by Crippen LogP contribution is 2.15. The summed E-state index contributed by atoms with van der Waals surface area (Å²) >= 11 is 0. The van der Waals surface area contributed by atoms with Crippen molar-refractivity contribution >= 4 is 11.8 Å². The Morgan fingerprint density at radius 1 is 1.10 bits per heavy atom. The summed E-state index contributed by atoms with van der Waals surface area (Å²) in [6, 6.07) is 10.9. The van der Waals surface area contributed by atoms with Crippen molar-refractivity contribution in [3.63, 3.8) is 0 Å². The van der Waals surface area contributed by atoms with E-state index in [1.165, 1.54) is 6.07 Å². The van der Waals surface area contributed by atoms with Gasteiger partial charge in [-0.05, 0) is 37.2 Å². The van der Waals surface area contributed by atoms with Gasteiger partial charge in [-0.1, -0.05) is 25.1 Å². The van der Waals surface area contributed by atoms with E-state index < -0.39 is 0 Å². The van der Waals surface area contributed by atoms with Gasteiger partial charge in [-0.3, -0.25) is 0 Å². The van der Waals surface area contributed by atoms with Gasteiger partial charge in [-0.15, -0.1) is 0 Å². The second kappa shape index (κ2) is 10.8. The number of piperazine rings is 1. The predicted octanol–water partition coefficient (Wildman–Crippen LogP) is 2.62. The lowest BCUT2D eigenvalue weighted by Gasteiger charge is -2.34. The molecular weight excluding hydrogens is 367 g/mol. The fourth-order valence-electron chi connectivity index (χ4n) is 3.36. The van der Waals surface area contributed by atoms with E-state index in [9.17, 15) is 4.39 Å². The first-order valence-corrected chi connectivity index (χ1v) is 10.4. The summed E-state index contributed by atoms with van der Waals surface area (Å²) in [5.74, 6) is 1.47. The Hall–Kier alpha value is -2.67. The van der Waals surface area contributed by atoms with Crippen LogP contribution < -0.4 is 15.5 Å². The lowest BCUT2D eigenvalue weighted by atomic mass is 10.2. The van der Waals surface area contributed by atoms with Crippen molar-refractivity contribution in [3.8, 4) is 0 Å². The summed E-state index contributed by atoms with van der Waals surface area (Å²) in [7, 11) is 0. The van der Waals surface area contributed by atoms with E-state index in [1.807, 2.05) is 25.3 Å². The number of nitrogens with zero attached hydrogens (tertiary/aromatic N) is 4. The van der Waals surface area contributed by atoms with Gasteiger partial charge in [-0.25, -0.2) is 14.4 Å². The Morgan fingerprint density at radius 2 is 1.90 bits per heavy atom. The lowest BCUT2D eigenvalue weighted by Crippen LogP contribution is -2.46. The molecule has 0 saturated carbocycles. The zero-order valence-electron chi connectivity index (χ0n) is 17.4. The number of aromatic nitrogens is 1. The third kappa shape index (κ3) is 6.15. The normalized spacial score (nSPS) is 15.4. The minimum absolute atomic E-state index is 0.210. The first-order chi connectivity index (χ1) is 14.2. The molecule has 6 nitrogen and oxygen atoms in total. The van der Waals surface area contributed by atoms with E-state index >= 15 is 0 Å². The molecule has 2 aromatic rings. The maximum absolute atomic E-state index is 13.8. The molecule has 0 amide bonds. The average Bonchev–Trinajstić information content (AvgIpc) is 2.77. The van der Waals surface area contributed by atoms with Crippen LogP contribution in [0.3, 0.4) is 0 Å².